The second-order valence-electron chi connectivity index (χ2n) is 6.10. The molecule has 0 aliphatic heterocycles. The third-order valence-corrected chi connectivity index (χ3v) is 4.13. The molecular formula is C19H16N8O. The van der Waals surface area contributed by atoms with Crippen LogP contribution in [0.15, 0.2) is 49.1 Å². The van der Waals surface area contributed by atoms with Crippen LogP contribution in [-0.2, 0) is 11.8 Å². The van der Waals surface area contributed by atoms with Crippen LogP contribution in [-0.4, -0.2) is 30.6 Å². The number of benzene rings is 1. The van der Waals surface area contributed by atoms with Gasteiger partial charge in [0.25, 0.3) is 0 Å². The number of aromatic nitrogens is 5. The molecule has 9 nitrogen and oxygen atoms in total. The zero-order valence-corrected chi connectivity index (χ0v) is 15.0. The second kappa shape index (κ2) is 7.20. The number of aromatic amines is 1. The van der Waals surface area contributed by atoms with Crippen molar-refractivity contribution in [1.82, 2.24) is 24.7 Å². The molecule has 1 aromatic carbocycles. The van der Waals surface area contributed by atoms with E-state index < -0.39 is 0 Å². The molecule has 0 aliphatic rings. The van der Waals surface area contributed by atoms with Gasteiger partial charge in [-0.3, -0.25) is 9.48 Å². The van der Waals surface area contributed by atoms with E-state index in [4.69, 9.17) is 5.26 Å². The molecule has 4 aromatic rings. The maximum atomic E-state index is 11.8. The van der Waals surface area contributed by atoms with E-state index in [0.717, 1.165) is 27.8 Å². The van der Waals surface area contributed by atoms with Crippen molar-refractivity contribution in [2.75, 3.05) is 10.6 Å². The smallest absolute Gasteiger partial charge is 0.238 e. The van der Waals surface area contributed by atoms with E-state index in [9.17, 15) is 4.79 Å². The molecule has 0 saturated heterocycles. The molecule has 0 aliphatic carbocycles. The number of nitrogens with one attached hydrogen (secondary N) is 3. The first kappa shape index (κ1) is 17.2. The molecule has 1 amide bonds. The lowest BCUT2D eigenvalue weighted by Gasteiger charge is -2.09. The molecule has 0 fully saturated rings. The molecule has 138 valence electrons. The maximum absolute atomic E-state index is 11.8. The predicted molar refractivity (Wildman–Crippen MR) is 105 cm³/mol. The van der Waals surface area contributed by atoms with E-state index in [0.29, 0.717) is 11.6 Å². The van der Waals surface area contributed by atoms with Crippen molar-refractivity contribution < 1.29 is 4.79 Å². The fourth-order valence-electron chi connectivity index (χ4n) is 2.93. The summed E-state index contributed by atoms with van der Waals surface area (Å²) in [6.07, 6.45) is 6.81. The van der Waals surface area contributed by atoms with Crippen molar-refractivity contribution in [3.63, 3.8) is 0 Å². The number of hydrogen-bond donors (Lipinski definition) is 3. The van der Waals surface area contributed by atoms with E-state index in [2.05, 4.69) is 30.7 Å². The molecule has 3 heterocycles. The van der Waals surface area contributed by atoms with Crippen LogP contribution in [0.3, 0.4) is 0 Å². The average molecular weight is 372 g/mol. The van der Waals surface area contributed by atoms with Gasteiger partial charge in [-0.2, -0.15) is 10.4 Å². The van der Waals surface area contributed by atoms with E-state index in [1.165, 1.54) is 0 Å². The van der Waals surface area contributed by atoms with Crippen LogP contribution in [0.2, 0.25) is 0 Å². The molecule has 0 unspecified atom stereocenters. The summed E-state index contributed by atoms with van der Waals surface area (Å²) in [5.41, 5.74) is 3.81. The van der Waals surface area contributed by atoms with Crippen LogP contribution in [0.25, 0.3) is 22.2 Å². The van der Waals surface area contributed by atoms with Gasteiger partial charge < -0.3 is 15.6 Å². The number of anilines is 3. The Hall–Kier alpha value is -4.19. The number of nitriles is 1. The van der Waals surface area contributed by atoms with Crippen molar-refractivity contribution in [3.05, 3.63) is 49.1 Å². The topological polar surface area (TPSA) is 124 Å². The third kappa shape index (κ3) is 3.39. The molecule has 3 aromatic heterocycles. The molecule has 0 radical (unpaired) electrons. The van der Waals surface area contributed by atoms with Gasteiger partial charge in [0.2, 0.25) is 11.9 Å². The van der Waals surface area contributed by atoms with Crippen LogP contribution in [0.1, 0.15) is 6.42 Å². The quantitative estimate of drug-likeness (QED) is 0.495. The van der Waals surface area contributed by atoms with E-state index >= 15 is 0 Å². The minimum Gasteiger partial charge on any atom is -0.359 e. The Morgan fingerprint density at radius 2 is 2.21 bits per heavy atom. The summed E-state index contributed by atoms with van der Waals surface area (Å²) in [4.78, 5) is 23.8. The summed E-state index contributed by atoms with van der Waals surface area (Å²) in [6, 6.07) is 9.26. The highest BCUT2D eigenvalue weighted by Crippen LogP contribution is 2.32. The molecule has 0 bridgehead atoms. The normalized spacial score (nSPS) is 10.6. The SMILES string of the molecule is Cn1cc(Nc2nccc(-c3ccc(NC(=O)CC#N)c4[nH]ccc34)n2)cn1. The number of fused-ring (bicyclic) bond motifs is 1. The maximum Gasteiger partial charge on any atom is 0.238 e. The van der Waals surface area contributed by atoms with Crippen molar-refractivity contribution >= 4 is 34.1 Å². The van der Waals surface area contributed by atoms with Gasteiger partial charge in [0, 0.05) is 36.6 Å². The van der Waals surface area contributed by atoms with Crippen LogP contribution in [0.5, 0.6) is 0 Å². The minimum absolute atomic E-state index is 0.195. The number of carbonyl (C=O) groups is 1. The van der Waals surface area contributed by atoms with Gasteiger partial charge in [0.05, 0.1) is 34.9 Å². The molecule has 9 heteroatoms. The first-order chi connectivity index (χ1) is 13.6. The summed E-state index contributed by atoms with van der Waals surface area (Å²) >= 11 is 0. The summed E-state index contributed by atoms with van der Waals surface area (Å²) in [7, 11) is 1.84. The average Bonchev–Trinajstić information content (AvgIpc) is 3.32. The van der Waals surface area contributed by atoms with Gasteiger partial charge in [0.15, 0.2) is 0 Å². The summed E-state index contributed by atoms with van der Waals surface area (Å²) in [5, 5.41) is 19.6. The highest BCUT2D eigenvalue weighted by atomic mass is 16.1. The molecule has 28 heavy (non-hydrogen) atoms. The van der Waals surface area contributed by atoms with Crippen LogP contribution >= 0.6 is 0 Å². The number of hydrogen-bond acceptors (Lipinski definition) is 6. The van der Waals surface area contributed by atoms with E-state index in [1.54, 1.807) is 29.3 Å². The highest BCUT2D eigenvalue weighted by Gasteiger charge is 2.12. The lowest BCUT2D eigenvalue weighted by molar-refractivity contribution is -0.115. The van der Waals surface area contributed by atoms with Crippen LogP contribution in [0, 0.1) is 11.3 Å². The minimum atomic E-state index is -0.351. The summed E-state index contributed by atoms with van der Waals surface area (Å²) in [5.74, 6) is 0.108. The first-order valence-electron chi connectivity index (χ1n) is 8.50. The zero-order valence-electron chi connectivity index (χ0n) is 15.0. The lowest BCUT2D eigenvalue weighted by Crippen LogP contribution is -2.10. The number of carbonyl (C=O) groups excluding carboxylic acids is 1. The Kier molecular flexibility index (Phi) is 4.43. The van der Waals surface area contributed by atoms with Gasteiger partial charge in [-0.1, -0.05) is 0 Å². The van der Waals surface area contributed by atoms with Crippen LogP contribution in [0.4, 0.5) is 17.3 Å². The lowest BCUT2D eigenvalue weighted by atomic mass is 10.1. The molecular weight excluding hydrogens is 356 g/mol. The number of nitrogens with zero attached hydrogens (tertiary/aromatic N) is 5. The van der Waals surface area contributed by atoms with Gasteiger partial charge in [-0.15, -0.1) is 0 Å². The Morgan fingerprint density at radius 1 is 1.32 bits per heavy atom. The van der Waals surface area contributed by atoms with Gasteiger partial charge >= 0.3 is 0 Å². The fraction of sp³-hybridized carbons (Fsp3) is 0.105. The van der Waals surface area contributed by atoms with Crippen molar-refractivity contribution in [1.29, 1.82) is 5.26 Å². The summed E-state index contributed by atoms with van der Waals surface area (Å²) < 4.78 is 1.69. The third-order valence-electron chi connectivity index (χ3n) is 4.13. The Morgan fingerprint density at radius 3 is 3.00 bits per heavy atom. The van der Waals surface area contributed by atoms with Crippen molar-refractivity contribution in [2.45, 2.75) is 6.42 Å². The first-order valence-corrected chi connectivity index (χ1v) is 8.50. The van der Waals surface area contributed by atoms with Crippen LogP contribution < -0.4 is 10.6 Å². The van der Waals surface area contributed by atoms with Gasteiger partial charge in [-0.05, 0) is 24.3 Å². The highest BCUT2D eigenvalue weighted by molar-refractivity contribution is 6.06. The molecule has 0 saturated carbocycles. The molecule has 4 rings (SSSR count). The second-order valence-corrected chi connectivity index (χ2v) is 6.10. The Labute approximate surface area is 160 Å². The largest absolute Gasteiger partial charge is 0.359 e. The molecule has 3 N–H and O–H groups in total. The predicted octanol–water partition coefficient (Wildman–Crippen LogP) is 2.95. The fourth-order valence-corrected chi connectivity index (χ4v) is 2.93. The van der Waals surface area contributed by atoms with E-state index in [1.807, 2.05) is 37.5 Å². The van der Waals surface area contributed by atoms with Gasteiger partial charge in [-0.25, -0.2) is 9.97 Å². The number of H-pyrrole nitrogens is 1. The van der Waals surface area contributed by atoms with E-state index in [-0.39, 0.29) is 12.3 Å². The molecule has 0 spiro atoms. The number of rotatable bonds is 5. The monoisotopic (exact) mass is 372 g/mol. The van der Waals surface area contributed by atoms with Crippen molar-refractivity contribution in [2.24, 2.45) is 7.05 Å². The van der Waals surface area contributed by atoms with Crippen molar-refractivity contribution in [3.8, 4) is 17.3 Å². The zero-order chi connectivity index (χ0) is 19.5. The standard InChI is InChI=1S/C19H16N8O/c1-27-11-12(10-23-27)24-19-22-9-6-15(26-19)13-2-3-16(25-17(28)4-7-20)18-14(13)5-8-21-18/h2-3,5-6,8-11,21H,4H2,1H3,(H,25,28)(H,22,24,26). The number of amides is 1. The van der Waals surface area contributed by atoms with Gasteiger partial charge in [0.1, 0.15) is 6.42 Å². The summed E-state index contributed by atoms with van der Waals surface area (Å²) in [6.45, 7) is 0. The molecule has 0 atom stereocenters. The Bertz CT molecular complexity index is 1200. The number of aryl methyl sites for hydroxylation is 1. The Balaban J connectivity index is 1.68.